The van der Waals surface area contributed by atoms with E-state index in [1.54, 1.807) is 11.3 Å². The van der Waals surface area contributed by atoms with E-state index < -0.39 is 0 Å². The van der Waals surface area contributed by atoms with Crippen LogP contribution >= 0.6 is 11.3 Å². The minimum absolute atomic E-state index is 0.0254. The van der Waals surface area contributed by atoms with Gasteiger partial charge in [0.1, 0.15) is 6.04 Å². The first-order chi connectivity index (χ1) is 11.9. The Morgan fingerprint density at radius 3 is 2.72 bits per heavy atom. The number of benzene rings is 2. The van der Waals surface area contributed by atoms with Crippen molar-refractivity contribution in [1.29, 1.82) is 0 Å². The number of nitrogens with zero attached hydrogens (tertiary/aromatic N) is 1. The summed E-state index contributed by atoms with van der Waals surface area (Å²) in [5.74, 6) is 0.0254. The maximum atomic E-state index is 12.4. The van der Waals surface area contributed by atoms with Gasteiger partial charge < -0.3 is 10.2 Å². The van der Waals surface area contributed by atoms with Crippen molar-refractivity contribution >= 4 is 33.1 Å². The van der Waals surface area contributed by atoms with Gasteiger partial charge in [0.25, 0.3) is 5.91 Å². The van der Waals surface area contributed by atoms with Crippen LogP contribution in [0.25, 0.3) is 10.2 Å². The molecule has 1 aromatic heterocycles. The fourth-order valence-electron chi connectivity index (χ4n) is 2.84. The number of hydrogen-bond donors (Lipinski definition) is 2. The highest BCUT2D eigenvalue weighted by Gasteiger charge is 2.22. The summed E-state index contributed by atoms with van der Waals surface area (Å²) in [5, 5.41) is 4.09. The number of quaternary nitrogens is 1. The van der Waals surface area contributed by atoms with Crippen molar-refractivity contribution in [2.75, 3.05) is 18.9 Å². The maximum absolute atomic E-state index is 12.4. The Balaban J connectivity index is 1.66. The third-order valence-electron chi connectivity index (χ3n) is 4.52. The highest BCUT2D eigenvalue weighted by molar-refractivity contribution is 7.18. The van der Waals surface area contributed by atoms with E-state index in [-0.39, 0.29) is 11.9 Å². The molecule has 1 heterocycles. The van der Waals surface area contributed by atoms with E-state index in [2.05, 4.69) is 31.3 Å². The largest absolute Gasteiger partial charge is 0.322 e. The summed E-state index contributed by atoms with van der Waals surface area (Å²) in [6, 6.07) is 14.4. The lowest BCUT2D eigenvalue weighted by atomic mass is 10.1. The van der Waals surface area contributed by atoms with Gasteiger partial charge in [0.2, 0.25) is 0 Å². The average Bonchev–Trinajstić information content (AvgIpc) is 3.00. The molecule has 3 aromatic rings. The topological polar surface area (TPSA) is 46.4 Å². The van der Waals surface area contributed by atoms with E-state index >= 15 is 0 Å². The third kappa shape index (κ3) is 4.06. The molecular formula is C20H24N3OS+. The predicted octanol–water partition coefficient (Wildman–Crippen LogP) is 3.13. The lowest BCUT2D eigenvalue weighted by molar-refractivity contribution is -0.902. The van der Waals surface area contributed by atoms with Crippen LogP contribution in [0.1, 0.15) is 29.1 Å². The second kappa shape index (κ2) is 7.33. The molecule has 1 unspecified atom stereocenters. The molecule has 1 amide bonds. The van der Waals surface area contributed by atoms with Crippen LogP contribution in [-0.4, -0.2) is 24.5 Å². The summed E-state index contributed by atoms with van der Waals surface area (Å²) in [7, 11) is 2.04. The lowest BCUT2D eigenvalue weighted by Crippen LogP contribution is -3.10. The number of hydrogen-bond acceptors (Lipinski definition) is 3. The molecule has 0 fully saturated rings. The highest BCUT2D eigenvalue weighted by Crippen LogP contribution is 2.24. The molecule has 0 aliphatic rings. The van der Waals surface area contributed by atoms with Crippen molar-refractivity contribution in [3.63, 3.8) is 0 Å². The zero-order valence-electron chi connectivity index (χ0n) is 15.1. The fraction of sp³-hybridized carbons (Fsp3) is 0.300. The first-order valence-corrected chi connectivity index (χ1v) is 9.30. The summed E-state index contributed by atoms with van der Waals surface area (Å²) in [6.45, 7) is 6.60. The first-order valence-electron chi connectivity index (χ1n) is 8.49. The minimum Gasteiger partial charge on any atom is -0.322 e. The molecule has 4 nitrogen and oxygen atoms in total. The van der Waals surface area contributed by atoms with Gasteiger partial charge in [0.05, 0.1) is 17.3 Å². The van der Waals surface area contributed by atoms with E-state index in [0.717, 1.165) is 26.7 Å². The van der Waals surface area contributed by atoms with Crippen LogP contribution in [0, 0.1) is 13.8 Å². The number of thiazole rings is 1. The average molecular weight is 354 g/mol. The van der Waals surface area contributed by atoms with E-state index in [1.807, 2.05) is 44.3 Å². The van der Waals surface area contributed by atoms with Crippen LogP contribution in [0.4, 0.5) is 5.69 Å². The molecule has 0 saturated heterocycles. The number of para-hydroxylation sites is 1. The third-order valence-corrected chi connectivity index (χ3v) is 5.73. The van der Waals surface area contributed by atoms with E-state index in [0.29, 0.717) is 6.54 Å². The van der Waals surface area contributed by atoms with Crippen molar-refractivity contribution in [2.24, 2.45) is 0 Å². The molecule has 0 spiro atoms. The van der Waals surface area contributed by atoms with Gasteiger partial charge in [-0.1, -0.05) is 29.8 Å². The van der Waals surface area contributed by atoms with Gasteiger partial charge in [-0.15, -0.1) is 11.3 Å². The summed E-state index contributed by atoms with van der Waals surface area (Å²) in [6.07, 6.45) is 0. The Morgan fingerprint density at radius 2 is 2.00 bits per heavy atom. The van der Waals surface area contributed by atoms with E-state index in [4.69, 9.17) is 4.98 Å². The number of amides is 1. The standard InChI is InChI=1S/C20H23N3OS/c1-13-9-10-16(14(2)11-13)21-19(24)12-23(4)15(3)20-22-17-7-5-6-8-18(17)25-20/h5-11,15H,12H2,1-4H3,(H,21,24)/p+1/t15-/m1/s1. The molecule has 0 aliphatic heterocycles. The quantitative estimate of drug-likeness (QED) is 0.739. The molecule has 0 bridgehead atoms. The van der Waals surface area contributed by atoms with Gasteiger partial charge in [-0.3, -0.25) is 4.79 Å². The van der Waals surface area contributed by atoms with Gasteiger partial charge in [-0.05, 0) is 44.5 Å². The highest BCUT2D eigenvalue weighted by atomic mass is 32.1. The molecule has 0 aliphatic carbocycles. The smallest absolute Gasteiger partial charge is 0.279 e. The van der Waals surface area contributed by atoms with Gasteiger partial charge in [-0.25, -0.2) is 4.98 Å². The lowest BCUT2D eigenvalue weighted by Gasteiger charge is -2.19. The predicted molar refractivity (Wildman–Crippen MR) is 104 cm³/mol. The molecule has 2 aromatic carbocycles. The van der Waals surface area contributed by atoms with E-state index in [1.165, 1.54) is 10.3 Å². The second-order valence-electron chi connectivity index (χ2n) is 6.63. The van der Waals surface area contributed by atoms with Crippen molar-refractivity contribution in [3.8, 4) is 0 Å². The van der Waals surface area contributed by atoms with E-state index in [9.17, 15) is 4.79 Å². The Hall–Kier alpha value is -2.24. The molecule has 2 N–H and O–H groups in total. The second-order valence-corrected chi connectivity index (χ2v) is 7.69. The van der Waals surface area contributed by atoms with Crippen molar-refractivity contribution < 1.29 is 9.69 Å². The van der Waals surface area contributed by atoms with Gasteiger partial charge >= 0.3 is 0 Å². The van der Waals surface area contributed by atoms with Crippen LogP contribution in [0.2, 0.25) is 0 Å². The zero-order valence-corrected chi connectivity index (χ0v) is 15.9. The number of nitrogens with one attached hydrogen (secondary N) is 2. The number of anilines is 1. The minimum atomic E-state index is 0.0254. The molecule has 130 valence electrons. The fourth-order valence-corrected chi connectivity index (χ4v) is 3.95. The number of aryl methyl sites for hydroxylation is 2. The number of carbonyl (C=O) groups excluding carboxylic acids is 1. The normalized spacial score (nSPS) is 13.6. The summed E-state index contributed by atoms with van der Waals surface area (Å²) in [4.78, 5) is 18.3. The summed E-state index contributed by atoms with van der Waals surface area (Å²) >= 11 is 1.71. The number of carbonyl (C=O) groups is 1. The Kier molecular flexibility index (Phi) is 5.16. The molecule has 0 radical (unpaired) electrons. The van der Waals surface area contributed by atoms with Gasteiger partial charge in [0.15, 0.2) is 11.6 Å². The van der Waals surface area contributed by atoms with Crippen LogP contribution in [-0.2, 0) is 4.79 Å². The molecular weight excluding hydrogens is 330 g/mol. The van der Waals surface area contributed by atoms with Crippen molar-refractivity contribution in [2.45, 2.75) is 26.8 Å². The van der Waals surface area contributed by atoms with Crippen molar-refractivity contribution in [3.05, 3.63) is 58.6 Å². The maximum Gasteiger partial charge on any atom is 0.279 e. The van der Waals surface area contributed by atoms with Crippen LogP contribution < -0.4 is 10.2 Å². The molecule has 3 rings (SSSR count). The SMILES string of the molecule is Cc1ccc(NC(=O)C[NH+](C)[C@H](C)c2nc3ccccc3s2)c(C)c1. The Bertz CT molecular complexity index is 870. The summed E-state index contributed by atoms with van der Waals surface area (Å²) < 4.78 is 1.19. The Labute approximate surface area is 152 Å². The van der Waals surface area contributed by atoms with Crippen LogP contribution in [0.5, 0.6) is 0 Å². The molecule has 2 atom stereocenters. The van der Waals surface area contributed by atoms with Crippen molar-refractivity contribution in [1.82, 2.24) is 4.98 Å². The van der Waals surface area contributed by atoms with Crippen LogP contribution in [0.15, 0.2) is 42.5 Å². The summed E-state index contributed by atoms with van der Waals surface area (Å²) in [5.41, 5.74) is 4.20. The number of fused-ring (bicyclic) bond motifs is 1. The molecule has 0 saturated carbocycles. The number of rotatable bonds is 5. The van der Waals surface area contributed by atoms with Crippen LogP contribution in [0.3, 0.4) is 0 Å². The zero-order chi connectivity index (χ0) is 18.0. The van der Waals surface area contributed by atoms with Gasteiger partial charge in [-0.2, -0.15) is 0 Å². The number of likely N-dealkylation sites (N-methyl/N-ethyl adjacent to an activating group) is 1. The van der Waals surface area contributed by atoms with Gasteiger partial charge in [0, 0.05) is 5.69 Å². The molecule has 5 heteroatoms. The molecule has 25 heavy (non-hydrogen) atoms. The monoisotopic (exact) mass is 354 g/mol. The number of aromatic nitrogens is 1. The first kappa shape index (κ1) is 17.6. The Morgan fingerprint density at radius 1 is 1.24 bits per heavy atom.